The summed E-state index contributed by atoms with van der Waals surface area (Å²) in [6, 6.07) is 2.59. The van der Waals surface area contributed by atoms with Gasteiger partial charge in [-0.25, -0.2) is 4.79 Å². The number of carbonyl (C=O) groups is 3. The van der Waals surface area contributed by atoms with Crippen LogP contribution >= 0.6 is 0 Å². The Bertz CT molecular complexity index is 609. The summed E-state index contributed by atoms with van der Waals surface area (Å²) >= 11 is 0. The minimum absolute atomic E-state index is 0.232. The Morgan fingerprint density at radius 1 is 1.14 bits per heavy atom. The number of aliphatic carboxylic acids is 2. The van der Waals surface area contributed by atoms with Gasteiger partial charge in [-0.05, 0) is 30.2 Å². The van der Waals surface area contributed by atoms with E-state index >= 15 is 0 Å². The normalized spacial score (nSPS) is 12.0. The summed E-state index contributed by atoms with van der Waals surface area (Å²) in [4.78, 5) is 32.9. The van der Waals surface area contributed by atoms with Crippen molar-refractivity contribution in [2.45, 2.75) is 18.9 Å². The summed E-state index contributed by atoms with van der Waals surface area (Å²) in [6.07, 6.45) is 1.74. The zero-order chi connectivity index (χ0) is 16.7. The summed E-state index contributed by atoms with van der Waals surface area (Å²) in [6.45, 7) is 0. The zero-order valence-electron chi connectivity index (χ0n) is 11.4. The van der Waals surface area contributed by atoms with Gasteiger partial charge in [-0.3, -0.25) is 9.59 Å². The van der Waals surface area contributed by atoms with Crippen molar-refractivity contribution in [1.82, 2.24) is 5.32 Å². The molecule has 0 saturated heterocycles. The molecule has 0 fully saturated rings. The molecule has 0 aliphatic heterocycles. The van der Waals surface area contributed by atoms with Crippen molar-refractivity contribution in [3.8, 4) is 11.5 Å². The first-order valence-corrected chi connectivity index (χ1v) is 6.24. The molecule has 0 bridgehead atoms. The lowest BCUT2D eigenvalue weighted by Gasteiger charge is -2.11. The monoisotopic (exact) mass is 309 g/mol. The van der Waals surface area contributed by atoms with E-state index in [-0.39, 0.29) is 24.3 Å². The van der Waals surface area contributed by atoms with E-state index in [1.807, 2.05) is 0 Å². The Labute approximate surface area is 125 Å². The van der Waals surface area contributed by atoms with Crippen molar-refractivity contribution < 1.29 is 34.8 Å². The highest BCUT2D eigenvalue weighted by Gasteiger charge is 2.19. The lowest BCUT2D eigenvalue weighted by Crippen LogP contribution is -2.40. The molecule has 0 spiro atoms. The van der Waals surface area contributed by atoms with Gasteiger partial charge in [0.05, 0.1) is 0 Å². The highest BCUT2D eigenvalue weighted by molar-refractivity contribution is 5.94. The van der Waals surface area contributed by atoms with Gasteiger partial charge in [-0.2, -0.15) is 0 Å². The number of rotatable bonds is 7. The number of carbonyl (C=O) groups excluding carboxylic acids is 1. The van der Waals surface area contributed by atoms with E-state index in [2.05, 4.69) is 5.32 Å². The van der Waals surface area contributed by atoms with E-state index in [0.717, 1.165) is 6.08 Å². The van der Waals surface area contributed by atoms with Crippen molar-refractivity contribution in [2.24, 2.45) is 0 Å². The van der Waals surface area contributed by atoms with E-state index in [1.165, 1.54) is 24.3 Å². The van der Waals surface area contributed by atoms with Crippen molar-refractivity contribution in [3.63, 3.8) is 0 Å². The second kappa shape index (κ2) is 7.67. The Kier molecular flexibility index (Phi) is 5.94. The van der Waals surface area contributed by atoms with E-state index in [1.54, 1.807) is 0 Å². The second-order valence-electron chi connectivity index (χ2n) is 4.41. The van der Waals surface area contributed by atoms with Crippen molar-refractivity contribution in [3.05, 3.63) is 29.8 Å². The number of carboxylic acids is 2. The minimum Gasteiger partial charge on any atom is -0.504 e. The average molecular weight is 309 g/mol. The summed E-state index contributed by atoms with van der Waals surface area (Å²) < 4.78 is 0. The number of aromatic hydroxyl groups is 2. The molecule has 1 rings (SSSR count). The van der Waals surface area contributed by atoms with E-state index in [9.17, 15) is 19.5 Å². The summed E-state index contributed by atoms with van der Waals surface area (Å²) in [5.74, 6) is -3.86. The van der Waals surface area contributed by atoms with E-state index < -0.39 is 23.9 Å². The molecule has 1 amide bonds. The molecule has 1 atom stereocenters. The van der Waals surface area contributed by atoms with Crippen molar-refractivity contribution in [2.75, 3.05) is 0 Å². The van der Waals surface area contributed by atoms with Crippen LogP contribution in [-0.2, 0) is 14.4 Å². The molecule has 0 aliphatic carbocycles. The molecule has 0 aliphatic rings. The van der Waals surface area contributed by atoms with Crippen molar-refractivity contribution >= 4 is 23.9 Å². The summed E-state index contributed by atoms with van der Waals surface area (Å²) in [7, 11) is 0. The summed E-state index contributed by atoms with van der Waals surface area (Å²) in [5, 5.41) is 38.0. The summed E-state index contributed by atoms with van der Waals surface area (Å²) in [5.41, 5.74) is 0.419. The Hall–Kier alpha value is -3.03. The lowest BCUT2D eigenvalue weighted by molar-refractivity contribution is -0.142. The van der Waals surface area contributed by atoms with Crippen LogP contribution in [0.4, 0.5) is 0 Å². The predicted molar refractivity (Wildman–Crippen MR) is 75.2 cm³/mol. The van der Waals surface area contributed by atoms with Crippen LogP contribution in [0, 0.1) is 0 Å². The molecule has 0 unspecified atom stereocenters. The Morgan fingerprint density at radius 2 is 1.82 bits per heavy atom. The van der Waals surface area contributed by atoms with Gasteiger partial charge < -0.3 is 25.7 Å². The molecule has 5 N–H and O–H groups in total. The molecule has 0 aromatic heterocycles. The molecular formula is C14H15NO7. The number of nitrogens with one attached hydrogen (secondary N) is 1. The fourth-order valence-corrected chi connectivity index (χ4v) is 1.56. The van der Waals surface area contributed by atoms with Crippen LogP contribution in [0.1, 0.15) is 18.4 Å². The topological polar surface area (TPSA) is 144 Å². The molecule has 8 heteroatoms. The van der Waals surface area contributed by atoms with Crippen molar-refractivity contribution in [1.29, 1.82) is 0 Å². The maximum absolute atomic E-state index is 11.6. The lowest BCUT2D eigenvalue weighted by atomic mass is 10.1. The largest absolute Gasteiger partial charge is 0.504 e. The third kappa shape index (κ3) is 5.53. The molecule has 22 heavy (non-hydrogen) atoms. The van der Waals surface area contributed by atoms with E-state index in [4.69, 9.17) is 15.3 Å². The molecule has 0 heterocycles. The average Bonchev–Trinajstić information content (AvgIpc) is 2.44. The van der Waals surface area contributed by atoms with Gasteiger partial charge in [0, 0.05) is 12.5 Å². The maximum atomic E-state index is 11.6. The Balaban J connectivity index is 2.66. The van der Waals surface area contributed by atoms with E-state index in [0.29, 0.717) is 5.56 Å². The molecule has 1 aromatic rings. The third-order valence-electron chi connectivity index (χ3n) is 2.69. The van der Waals surface area contributed by atoms with Crippen LogP contribution in [0.15, 0.2) is 24.3 Å². The van der Waals surface area contributed by atoms with Gasteiger partial charge in [-0.1, -0.05) is 6.07 Å². The Morgan fingerprint density at radius 3 is 2.36 bits per heavy atom. The van der Waals surface area contributed by atoms with Gasteiger partial charge in [0.1, 0.15) is 6.04 Å². The van der Waals surface area contributed by atoms with Gasteiger partial charge in [0.15, 0.2) is 11.5 Å². The highest BCUT2D eigenvalue weighted by atomic mass is 16.4. The number of carboxylic acid groups (broad SMARTS) is 2. The molecule has 1 aromatic carbocycles. The number of hydrogen-bond acceptors (Lipinski definition) is 5. The fourth-order valence-electron chi connectivity index (χ4n) is 1.56. The van der Waals surface area contributed by atoms with Crippen LogP contribution < -0.4 is 5.32 Å². The number of amides is 1. The maximum Gasteiger partial charge on any atom is 0.326 e. The molecule has 118 valence electrons. The van der Waals surface area contributed by atoms with Crippen LogP contribution in [0.2, 0.25) is 0 Å². The van der Waals surface area contributed by atoms with Gasteiger partial charge in [0.25, 0.3) is 0 Å². The number of phenolic OH excluding ortho intramolecular Hbond substituents is 2. The first-order chi connectivity index (χ1) is 10.3. The number of benzene rings is 1. The van der Waals surface area contributed by atoms with Crippen LogP contribution in [0.3, 0.4) is 0 Å². The van der Waals surface area contributed by atoms with Crippen LogP contribution in [0.5, 0.6) is 11.5 Å². The molecule has 0 saturated carbocycles. The standard InChI is InChI=1S/C14H15NO7/c16-10-4-1-8(7-11(10)17)2-5-12(18)15-9(14(21)22)3-6-13(19)20/h1-2,4-5,7,9,16-17H,3,6H2,(H,15,18)(H,19,20)(H,21,22)/t9-/m0/s1. The SMILES string of the molecule is O=C(O)CC[C@H](NC(=O)C=Cc1ccc(O)c(O)c1)C(=O)O. The zero-order valence-corrected chi connectivity index (χ0v) is 11.4. The fraction of sp³-hybridized carbons (Fsp3) is 0.214. The van der Waals surface area contributed by atoms with Gasteiger partial charge >= 0.3 is 11.9 Å². The quantitative estimate of drug-likeness (QED) is 0.365. The second-order valence-corrected chi connectivity index (χ2v) is 4.41. The van der Waals surface area contributed by atoms with Gasteiger partial charge in [0.2, 0.25) is 5.91 Å². The van der Waals surface area contributed by atoms with Gasteiger partial charge in [-0.15, -0.1) is 0 Å². The first kappa shape index (κ1) is 17.0. The third-order valence-corrected chi connectivity index (χ3v) is 2.69. The first-order valence-electron chi connectivity index (χ1n) is 6.24. The predicted octanol–water partition coefficient (Wildman–Crippen LogP) is 0.545. The van der Waals surface area contributed by atoms with Crippen LogP contribution in [-0.4, -0.2) is 44.3 Å². The molecule has 8 nitrogen and oxygen atoms in total. The van der Waals surface area contributed by atoms with Crippen LogP contribution in [0.25, 0.3) is 6.08 Å². The smallest absolute Gasteiger partial charge is 0.326 e. The molecule has 0 radical (unpaired) electrons. The number of hydrogen-bond donors (Lipinski definition) is 5. The highest BCUT2D eigenvalue weighted by Crippen LogP contribution is 2.25. The molecular weight excluding hydrogens is 294 g/mol. The number of phenols is 2. The minimum atomic E-state index is -1.33.